The molecule has 4 heteroatoms. The molecular formula is C17H27ClFNO. The maximum absolute atomic E-state index is 14.0. The molecule has 120 valence electrons. The fraction of sp³-hybridized carbons (Fsp3) is 0.647. The van der Waals surface area contributed by atoms with E-state index in [4.69, 9.17) is 16.3 Å². The molecule has 2 unspecified atom stereocenters. The van der Waals surface area contributed by atoms with Gasteiger partial charge in [0.1, 0.15) is 5.82 Å². The number of ether oxygens (including phenoxy) is 1. The molecule has 0 heterocycles. The second-order valence-corrected chi connectivity index (χ2v) is 6.89. The van der Waals surface area contributed by atoms with E-state index in [1.165, 1.54) is 6.07 Å². The van der Waals surface area contributed by atoms with Crippen molar-refractivity contribution in [3.63, 3.8) is 0 Å². The smallest absolute Gasteiger partial charge is 0.127 e. The van der Waals surface area contributed by atoms with E-state index in [0.29, 0.717) is 17.0 Å². The van der Waals surface area contributed by atoms with Crippen molar-refractivity contribution in [2.45, 2.75) is 52.7 Å². The molecule has 1 aromatic rings. The zero-order chi connectivity index (χ0) is 16.0. The van der Waals surface area contributed by atoms with Crippen LogP contribution in [-0.4, -0.2) is 25.8 Å². The third-order valence-corrected chi connectivity index (χ3v) is 3.97. The van der Waals surface area contributed by atoms with Gasteiger partial charge < -0.3 is 10.1 Å². The third kappa shape index (κ3) is 5.24. The molecule has 21 heavy (non-hydrogen) atoms. The van der Waals surface area contributed by atoms with Gasteiger partial charge in [-0.1, -0.05) is 45.4 Å². The van der Waals surface area contributed by atoms with Crippen molar-refractivity contribution in [3.05, 3.63) is 34.6 Å². The summed E-state index contributed by atoms with van der Waals surface area (Å²) in [6.45, 7) is 9.37. The first-order chi connectivity index (χ1) is 9.81. The summed E-state index contributed by atoms with van der Waals surface area (Å²) in [5, 5.41) is 3.95. The van der Waals surface area contributed by atoms with Gasteiger partial charge in [0.2, 0.25) is 0 Å². The zero-order valence-corrected chi connectivity index (χ0v) is 14.4. The van der Waals surface area contributed by atoms with Crippen molar-refractivity contribution in [3.8, 4) is 0 Å². The molecule has 0 saturated heterocycles. The third-order valence-electron chi connectivity index (χ3n) is 3.62. The minimum Gasteiger partial charge on any atom is -0.379 e. The quantitative estimate of drug-likeness (QED) is 0.802. The van der Waals surface area contributed by atoms with Gasteiger partial charge in [-0.05, 0) is 36.9 Å². The summed E-state index contributed by atoms with van der Waals surface area (Å²) in [6, 6.07) is 4.84. The Bertz CT molecular complexity index is 425. The van der Waals surface area contributed by atoms with Gasteiger partial charge in [0.05, 0.1) is 6.10 Å². The Balaban J connectivity index is 3.02. The Labute approximate surface area is 133 Å². The number of nitrogens with one attached hydrogen (secondary N) is 1. The molecule has 1 rings (SSSR count). The van der Waals surface area contributed by atoms with Gasteiger partial charge in [0.25, 0.3) is 0 Å². The normalized spacial score (nSPS) is 15.0. The molecule has 0 radical (unpaired) electrons. The predicted octanol–water partition coefficient (Wildman–Crippen LogP) is 4.45. The van der Waals surface area contributed by atoms with Gasteiger partial charge in [-0.25, -0.2) is 4.39 Å². The standard InChI is InChI=1S/C17H27ClFNO/c1-6-10-20-15(16(21-5)17(2,3)4)11-12-13(18)8-7-9-14(12)19/h7-9,15-16,20H,6,10-11H2,1-5H3. The summed E-state index contributed by atoms with van der Waals surface area (Å²) < 4.78 is 19.7. The molecule has 0 aliphatic carbocycles. The van der Waals surface area contributed by atoms with Crippen LogP contribution in [0.5, 0.6) is 0 Å². The molecule has 1 aromatic carbocycles. The highest BCUT2D eigenvalue weighted by Gasteiger charge is 2.33. The molecule has 0 aliphatic heterocycles. The van der Waals surface area contributed by atoms with E-state index in [9.17, 15) is 4.39 Å². The monoisotopic (exact) mass is 315 g/mol. The van der Waals surface area contributed by atoms with Crippen molar-refractivity contribution < 1.29 is 9.13 Å². The summed E-state index contributed by atoms with van der Waals surface area (Å²) >= 11 is 6.16. The minimum absolute atomic E-state index is 0.0179. The summed E-state index contributed by atoms with van der Waals surface area (Å²) in [5.41, 5.74) is 0.511. The van der Waals surface area contributed by atoms with Crippen molar-refractivity contribution >= 4 is 11.6 Å². The summed E-state index contributed by atoms with van der Waals surface area (Å²) in [5.74, 6) is -0.255. The molecule has 0 saturated carbocycles. The molecule has 0 aromatic heterocycles. The minimum atomic E-state index is -0.255. The number of rotatable bonds is 7. The van der Waals surface area contributed by atoms with Gasteiger partial charge in [-0.15, -0.1) is 0 Å². The Kier molecular flexibility index (Phi) is 7.11. The molecule has 0 aliphatic rings. The van der Waals surface area contributed by atoms with Crippen LogP contribution in [0.4, 0.5) is 4.39 Å². The van der Waals surface area contributed by atoms with E-state index in [2.05, 4.69) is 33.0 Å². The number of hydrogen-bond acceptors (Lipinski definition) is 2. The second kappa shape index (κ2) is 8.11. The van der Waals surface area contributed by atoms with Crippen LogP contribution in [-0.2, 0) is 11.2 Å². The van der Waals surface area contributed by atoms with Crippen LogP contribution in [0.3, 0.4) is 0 Å². The average molecular weight is 316 g/mol. The molecule has 0 bridgehead atoms. The number of hydrogen-bond donors (Lipinski definition) is 1. The van der Waals surface area contributed by atoms with E-state index < -0.39 is 0 Å². The van der Waals surface area contributed by atoms with Crippen molar-refractivity contribution in [2.24, 2.45) is 5.41 Å². The predicted molar refractivity (Wildman–Crippen MR) is 87.4 cm³/mol. The Morgan fingerprint density at radius 3 is 2.48 bits per heavy atom. The molecule has 0 spiro atoms. The van der Waals surface area contributed by atoms with Crippen LogP contribution in [0.2, 0.25) is 5.02 Å². The fourth-order valence-corrected chi connectivity index (χ4v) is 2.92. The van der Waals surface area contributed by atoms with Crippen molar-refractivity contribution in [1.82, 2.24) is 5.32 Å². The van der Waals surface area contributed by atoms with E-state index in [0.717, 1.165) is 13.0 Å². The van der Waals surface area contributed by atoms with Crippen LogP contribution >= 0.6 is 11.6 Å². The van der Waals surface area contributed by atoms with Crippen molar-refractivity contribution in [2.75, 3.05) is 13.7 Å². The van der Waals surface area contributed by atoms with Crippen molar-refractivity contribution in [1.29, 1.82) is 0 Å². The lowest BCUT2D eigenvalue weighted by Gasteiger charge is -2.37. The Morgan fingerprint density at radius 1 is 1.33 bits per heavy atom. The van der Waals surface area contributed by atoms with E-state index in [-0.39, 0.29) is 23.4 Å². The number of halogens is 2. The lowest BCUT2D eigenvalue weighted by Crippen LogP contribution is -2.49. The number of methoxy groups -OCH3 is 1. The molecule has 2 nitrogen and oxygen atoms in total. The molecule has 1 N–H and O–H groups in total. The fourth-order valence-electron chi connectivity index (χ4n) is 2.68. The largest absolute Gasteiger partial charge is 0.379 e. The highest BCUT2D eigenvalue weighted by atomic mass is 35.5. The topological polar surface area (TPSA) is 21.3 Å². The molecule has 2 atom stereocenters. The lowest BCUT2D eigenvalue weighted by molar-refractivity contribution is -0.0111. The average Bonchev–Trinajstić information content (AvgIpc) is 2.38. The first-order valence-electron chi connectivity index (χ1n) is 7.50. The Morgan fingerprint density at radius 2 is 2.00 bits per heavy atom. The Hall–Kier alpha value is -0.640. The molecule has 0 fully saturated rings. The van der Waals surface area contributed by atoms with Crippen LogP contribution in [0, 0.1) is 11.2 Å². The molecular weight excluding hydrogens is 289 g/mol. The summed E-state index contributed by atoms with van der Waals surface area (Å²) in [7, 11) is 1.71. The SMILES string of the molecule is CCCNC(Cc1c(F)cccc1Cl)C(OC)C(C)(C)C. The van der Waals surface area contributed by atoms with E-state index >= 15 is 0 Å². The lowest BCUT2D eigenvalue weighted by atomic mass is 9.82. The zero-order valence-electron chi connectivity index (χ0n) is 13.7. The summed E-state index contributed by atoms with van der Waals surface area (Å²) in [6.07, 6.45) is 1.50. The van der Waals surface area contributed by atoms with Gasteiger partial charge in [-0.3, -0.25) is 0 Å². The first-order valence-corrected chi connectivity index (χ1v) is 7.88. The summed E-state index contributed by atoms with van der Waals surface area (Å²) in [4.78, 5) is 0. The van der Waals surface area contributed by atoms with Gasteiger partial charge in [-0.2, -0.15) is 0 Å². The maximum atomic E-state index is 14.0. The van der Waals surface area contributed by atoms with Gasteiger partial charge in [0.15, 0.2) is 0 Å². The van der Waals surface area contributed by atoms with Crippen LogP contribution in [0.15, 0.2) is 18.2 Å². The highest BCUT2D eigenvalue weighted by Crippen LogP contribution is 2.28. The van der Waals surface area contributed by atoms with Crippen LogP contribution in [0.25, 0.3) is 0 Å². The van der Waals surface area contributed by atoms with Gasteiger partial charge >= 0.3 is 0 Å². The number of benzene rings is 1. The van der Waals surface area contributed by atoms with E-state index in [1.54, 1.807) is 19.2 Å². The maximum Gasteiger partial charge on any atom is 0.127 e. The van der Waals surface area contributed by atoms with Gasteiger partial charge in [0, 0.05) is 23.7 Å². The second-order valence-electron chi connectivity index (χ2n) is 6.49. The van der Waals surface area contributed by atoms with Crippen LogP contribution in [0.1, 0.15) is 39.7 Å². The van der Waals surface area contributed by atoms with E-state index in [1.807, 2.05) is 0 Å². The highest BCUT2D eigenvalue weighted by molar-refractivity contribution is 6.31. The first kappa shape index (κ1) is 18.4. The molecule has 0 amide bonds. The van der Waals surface area contributed by atoms with Crippen LogP contribution < -0.4 is 5.32 Å².